The normalized spacial score (nSPS) is 26.0. The lowest BCUT2D eigenvalue weighted by molar-refractivity contribution is 0.199. The summed E-state index contributed by atoms with van der Waals surface area (Å²) in [7, 11) is 0. The van der Waals surface area contributed by atoms with Gasteiger partial charge in [-0.05, 0) is 70.1 Å². The molecule has 0 aromatic heterocycles. The number of hydrogen-bond acceptors (Lipinski definition) is 4. The van der Waals surface area contributed by atoms with Gasteiger partial charge >= 0.3 is 0 Å². The molecule has 4 heteroatoms. The van der Waals surface area contributed by atoms with E-state index < -0.39 is 0 Å². The van der Waals surface area contributed by atoms with E-state index in [9.17, 15) is 0 Å². The second kappa shape index (κ2) is 9.52. The van der Waals surface area contributed by atoms with Gasteiger partial charge in [0.1, 0.15) is 0 Å². The van der Waals surface area contributed by atoms with Crippen LogP contribution < -0.4 is 16.2 Å². The molecule has 0 bridgehead atoms. The highest BCUT2D eigenvalue weighted by atomic mass is 15.4. The Morgan fingerprint density at radius 1 is 1.17 bits per heavy atom. The molecule has 2 unspecified atom stereocenters. The Balaban J connectivity index is 1.24. The standard InChI is InChI=1S/C20H34N4/c1-17-19(16-22-23-17)8-5-12-21-20-10-14-24(15-11-20)13-9-18-6-3-2-4-7-18/h2-4,6-7,17,19-23H,5,8-16H2,1H3. The fourth-order valence-electron chi connectivity index (χ4n) is 3.96. The van der Waals surface area contributed by atoms with Gasteiger partial charge in [0.2, 0.25) is 0 Å². The summed E-state index contributed by atoms with van der Waals surface area (Å²) in [4.78, 5) is 2.63. The highest BCUT2D eigenvalue weighted by Gasteiger charge is 2.22. The zero-order valence-corrected chi connectivity index (χ0v) is 15.1. The van der Waals surface area contributed by atoms with Crippen molar-refractivity contribution in [2.24, 2.45) is 5.92 Å². The maximum atomic E-state index is 3.79. The van der Waals surface area contributed by atoms with Crippen LogP contribution in [0.2, 0.25) is 0 Å². The lowest BCUT2D eigenvalue weighted by atomic mass is 9.97. The largest absolute Gasteiger partial charge is 0.314 e. The summed E-state index contributed by atoms with van der Waals surface area (Å²) in [5.41, 5.74) is 8.04. The Morgan fingerprint density at radius 2 is 1.96 bits per heavy atom. The number of nitrogens with zero attached hydrogens (tertiary/aromatic N) is 1. The Labute approximate surface area is 147 Å². The van der Waals surface area contributed by atoms with Gasteiger partial charge in [0, 0.05) is 25.2 Å². The summed E-state index contributed by atoms with van der Waals surface area (Å²) in [6, 6.07) is 12.2. The van der Waals surface area contributed by atoms with E-state index >= 15 is 0 Å². The number of likely N-dealkylation sites (tertiary alicyclic amines) is 1. The van der Waals surface area contributed by atoms with Gasteiger partial charge in [-0.2, -0.15) is 0 Å². The van der Waals surface area contributed by atoms with Crippen LogP contribution >= 0.6 is 0 Å². The third-order valence-corrected chi connectivity index (χ3v) is 5.73. The third kappa shape index (κ3) is 5.55. The molecule has 2 atom stereocenters. The zero-order chi connectivity index (χ0) is 16.6. The van der Waals surface area contributed by atoms with Crippen molar-refractivity contribution in [1.29, 1.82) is 0 Å². The minimum absolute atomic E-state index is 0.623. The van der Waals surface area contributed by atoms with Crippen LogP contribution in [0.5, 0.6) is 0 Å². The van der Waals surface area contributed by atoms with Crippen molar-refractivity contribution < 1.29 is 0 Å². The highest BCUT2D eigenvalue weighted by molar-refractivity contribution is 5.14. The first-order valence-electron chi connectivity index (χ1n) is 9.79. The van der Waals surface area contributed by atoms with Crippen LogP contribution in [-0.4, -0.2) is 49.7 Å². The number of nitrogens with one attached hydrogen (secondary N) is 3. The minimum atomic E-state index is 0.623. The van der Waals surface area contributed by atoms with E-state index in [2.05, 4.69) is 58.3 Å². The molecule has 0 spiro atoms. The van der Waals surface area contributed by atoms with Crippen LogP contribution in [0.3, 0.4) is 0 Å². The fourth-order valence-corrected chi connectivity index (χ4v) is 3.96. The molecule has 0 aliphatic carbocycles. The van der Waals surface area contributed by atoms with Crippen LogP contribution in [0, 0.1) is 5.92 Å². The van der Waals surface area contributed by atoms with Crippen LogP contribution in [0.1, 0.15) is 38.2 Å². The molecule has 3 N–H and O–H groups in total. The quantitative estimate of drug-likeness (QED) is 0.639. The molecule has 0 saturated carbocycles. The van der Waals surface area contributed by atoms with Crippen molar-refractivity contribution in [2.45, 2.75) is 51.1 Å². The minimum Gasteiger partial charge on any atom is -0.314 e. The molecule has 3 rings (SSSR count). The van der Waals surface area contributed by atoms with Crippen molar-refractivity contribution >= 4 is 0 Å². The third-order valence-electron chi connectivity index (χ3n) is 5.73. The molecule has 2 aliphatic heterocycles. The maximum Gasteiger partial charge on any atom is 0.0225 e. The van der Waals surface area contributed by atoms with Gasteiger partial charge in [-0.3, -0.25) is 10.9 Å². The lowest BCUT2D eigenvalue weighted by Gasteiger charge is -2.32. The van der Waals surface area contributed by atoms with Gasteiger partial charge in [-0.25, -0.2) is 0 Å². The van der Waals surface area contributed by atoms with Gasteiger partial charge in [0.15, 0.2) is 0 Å². The molecule has 0 amide bonds. The average Bonchev–Trinajstić information content (AvgIpc) is 3.04. The van der Waals surface area contributed by atoms with Gasteiger partial charge in [0.25, 0.3) is 0 Å². The SMILES string of the molecule is CC1NNCC1CCCNC1CCN(CCc2ccccc2)CC1. The summed E-state index contributed by atoms with van der Waals surface area (Å²) >= 11 is 0. The van der Waals surface area contributed by atoms with Crippen molar-refractivity contribution in [2.75, 3.05) is 32.7 Å². The van der Waals surface area contributed by atoms with E-state index in [0.29, 0.717) is 6.04 Å². The maximum absolute atomic E-state index is 3.79. The van der Waals surface area contributed by atoms with Gasteiger partial charge in [-0.15, -0.1) is 0 Å². The first kappa shape index (κ1) is 17.9. The lowest BCUT2D eigenvalue weighted by Crippen LogP contribution is -2.43. The number of hydrogen-bond donors (Lipinski definition) is 3. The summed E-state index contributed by atoms with van der Waals surface area (Å²) in [6.07, 6.45) is 6.41. The van der Waals surface area contributed by atoms with Crippen LogP contribution in [-0.2, 0) is 6.42 Å². The van der Waals surface area contributed by atoms with Crippen molar-refractivity contribution in [3.8, 4) is 0 Å². The number of hydrazine groups is 1. The summed E-state index contributed by atoms with van der Waals surface area (Å²) < 4.78 is 0. The molecular weight excluding hydrogens is 296 g/mol. The first-order valence-corrected chi connectivity index (χ1v) is 9.79. The molecule has 2 aliphatic rings. The highest BCUT2D eigenvalue weighted by Crippen LogP contribution is 2.15. The summed E-state index contributed by atoms with van der Waals surface area (Å²) in [5, 5.41) is 3.79. The second-order valence-corrected chi connectivity index (χ2v) is 7.52. The molecule has 24 heavy (non-hydrogen) atoms. The van der Waals surface area contributed by atoms with E-state index in [1.165, 1.54) is 63.8 Å². The van der Waals surface area contributed by atoms with Crippen LogP contribution in [0.4, 0.5) is 0 Å². The van der Waals surface area contributed by atoms with Gasteiger partial charge < -0.3 is 10.2 Å². The molecule has 0 radical (unpaired) electrons. The molecule has 2 heterocycles. The fraction of sp³-hybridized carbons (Fsp3) is 0.700. The second-order valence-electron chi connectivity index (χ2n) is 7.52. The number of benzene rings is 1. The summed E-state index contributed by atoms with van der Waals surface area (Å²) in [6.45, 7) is 8.29. The van der Waals surface area contributed by atoms with E-state index in [0.717, 1.165) is 18.5 Å². The van der Waals surface area contributed by atoms with Crippen LogP contribution in [0.15, 0.2) is 30.3 Å². The van der Waals surface area contributed by atoms with Gasteiger partial charge in [0.05, 0.1) is 0 Å². The summed E-state index contributed by atoms with van der Waals surface area (Å²) in [5.74, 6) is 0.798. The van der Waals surface area contributed by atoms with E-state index in [4.69, 9.17) is 0 Å². The number of rotatable bonds is 8. The first-order chi connectivity index (χ1) is 11.8. The molecule has 2 saturated heterocycles. The molecule has 2 fully saturated rings. The smallest absolute Gasteiger partial charge is 0.0225 e. The molecular formula is C20H34N4. The Morgan fingerprint density at radius 3 is 2.67 bits per heavy atom. The average molecular weight is 331 g/mol. The van der Waals surface area contributed by atoms with Crippen LogP contribution in [0.25, 0.3) is 0 Å². The van der Waals surface area contributed by atoms with Gasteiger partial charge in [-0.1, -0.05) is 30.3 Å². The molecule has 1 aromatic rings. The monoisotopic (exact) mass is 330 g/mol. The number of piperidine rings is 1. The van der Waals surface area contributed by atoms with Crippen molar-refractivity contribution in [1.82, 2.24) is 21.1 Å². The Bertz CT molecular complexity index is 456. The topological polar surface area (TPSA) is 39.3 Å². The Hall–Kier alpha value is -0.940. The van der Waals surface area contributed by atoms with E-state index in [1.807, 2.05) is 0 Å². The van der Waals surface area contributed by atoms with Crippen molar-refractivity contribution in [3.05, 3.63) is 35.9 Å². The molecule has 4 nitrogen and oxygen atoms in total. The predicted molar refractivity (Wildman–Crippen MR) is 101 cm³/mol. The van der Waals surface area contributed by atoms with Crippen molar-refractivity contribution in [3.63, 3.8) is 0 Å². The van der Waals surface area contributed by atoms with E-state index in [-0.39, 0.29) is 0 Å². The predicted octanol–water partition coefficient (Wildman–Crippen LogP) is 2.18. The zero-order valence-electron chi connectivity index (χ0n) is 15.1. The molecule has 134 valence electrons. The van der Waals surface area contributed by atoms with E-state index in [1.54, 1.807) is 0 Å². The molecule has 1 aromatic carbocycles. The Kier molecular flexibility index (Phi) is 7.09.